The molecule has 1 heterocycles. The van der Waals surface area contributed by atoms with Crippen LogP contribution in [0.15, 0.2) is 54.6 Å². The summed E-state index contributed by atoms with van der Waals surface area (Å²) in [4.78, 5) is 24.6. The Balaban J connectivity index is 1.88. The Morgan fingerprint density at radius 3 is 2.44 bits per heavy atom. The van der Waals surface area contributed by atoms with E-state index in [4.69, 9.17) is 11.6 Å². The van der Waals surface area contributed by atoms with Crippen LogP contribution in [-0.4, -0.2) is 21.4 Å². The van der Waals surface area contributed by atoms with Gasteiger partial charge in [0.1, 0.15) is 0 Å². The summed E-state index contributed by atoms with van der Waals surface area (Å²) in [5, 5.41) is 13.6. The van der Waals surface area contributed by atoms with E-state index in [1.165, 1.54) is 0 Å². The molecule has 166 valence electrons. The number of rotatable bonds is 6. The van der Waals surface area contributed by atoms with Gasteiger partial charge in [-0.2, -0.15) is 0 Å². The number of Topliss-reactive ketones (excluding diaryl/α,β-unsaturated/α-hetero) is 1. The third-order valence-electron chi connectivity index (χ3n) is 6.16. The van der Waals surface area contributed by atoms with Crippen molar-refractivity contribution in [3.8, 4) is 11.3 Å². The molecule has 0 amide bonds. The molecule has 5 nitrogen and oxygen atoms in total. The summed E-state index contributed by atoms with van der Waals surface area (Å²) >= 11 is 6.06. The van der Waals surface area contributed by atoms with Crippen LogP contribution < -0.4 is 5.32 Å². The molecule has 0 saturated carbocycles. The molecular formula is C26H27ClN2O3. The third kappa shape index (κ3) is 4.30. The van der Waals surface area contributed by atoms with E-state index in [1.54, 1.807) is 0 Å². The maximum Gasteiger partial charge on any atom is 0.305 e. The number of aryl methyl sites for hydroxylation is 1. The largest absolute Gasteiger partial charge is 0.481 e. The minimum absolute atomic E-state index is 0.0255. The summed E-state index contributed by atoms with van der Waals surface area (Å²) in [6, 6.07) is 17.3. The van der Waals surface area contributed by atoms with Crippen LogP contribution in [0.4, 0.5) is 5.69 Å². The number of carboxylic acid groups (broad SMARTS) is 1. The van der Waals surface area contributed by atoms with Crippen molar-refractivity contribution in [1.29, 1.82) is 0 Å². The zero-order valence-corrected chi connectivity index (χ0v) is 19.2. The SMILES string of the molecule is Cc1ccc(-c2cc3c(n2CCC(=O)O)C(Nc2ccc(Cl)cc2)C(C)(C)CC3=O)cc1. The Kier molecular flexibility index (Phi) is 5.87. The first-order valence-corrected chi connectivity index (χ1v) is 11.1. The molecule has 0 fully saturated rings. The van der Waals surface area contributed by atoms with E-state index in [0.717, 1.165) is 28.2 Å². The van der Waals surface area contributed by atoms with E-state index in [9.17, 15) is 14.7 Å². The fourth-order valence-electron chi connectivity index (χ4n) is 4.47. The maximum atomic E-state index is 13.2. The third-order valence-corrected chi connectivity index (χ3v) is 6.41. The molecule has 2 aromatic carbocycles. The summed E-state index contributed by atoms with van der Waals surface area (Å²) in [5.41, 5.74) is 5.01. The highest BCUT2D eigenvalue weighted by atomic mass is 35.5. The van der Waals surface area contributed by atoms with Crippen molar-refractivity contribution in [3.63, 3.8) is 0 Å². The lowest BCUT2D eigenvalue weighted by atomic mass is 9.72. The Hall–Kier alpha value is -3.05. The normalized spacial score (nSPS) is 17.1. The zero-order chi connectivity index (χ0) is 23.0. The van der Waals surface area contributed by atoms with E-state index < -0.39 is 5.97 Å². The van der Waals surface area contributed by atoms with E-state index in [2.05, 4.69) is 19.2 Å². The number of ketones is 1. The average Bonchev–Trinajstić information content (AvgIpc) is 3.11. The average molecular weight is 451 g/mol. The predicted octanol–water partition coefficient (Wildman–Crippen LogP) is 6.36. The second kappa shape index (κ2) is 8.47. The highest BCUT2D eigenvalue weighted by Crippen LogP contribution is 2.47. The molecule has 0 bridgehead atoms. The molecule has 1 atom stereocenters. The van der Waals surface area contributed by atoms with Gasteiger partial charge in [0.2, 0.25) is 0 Å². The first-order chi connectivity index (χ1) is 15.2. The Morgan fingerprint density at radius 2 is 1.81 bits per heavy atom. The summed E-state index contributed by atoms with van der Waals surface area (Å²) in [7, 11) is 0. The van der Waals surface area contributed by atoms with Crippen LogP contribution in [0, 0.1) is 12.3 Å². The maximum absolute atomic E-state index is 13.2. The molecule has 1 unspecified atom stereocenters. The number of hydrogen-bond acceptors (Lipinski definition) is 3. The van der Waals surface area contributed by atoms with Gasteiger partial charge in [0.25, 0.3) is 0 Å². The van der Waals surface area contributed by atoms with E-state index in [-0.39, 0.29) is 30.2 Å². The van der Waals surface area contributed by atoms with Crippen LogP contribution in [0.25, 0.3) is 11.3 Å². The van der Waals surface area contributed by atoms with Crippen molar-refractivity contribution in [3.05, 3.63) is 76.4 Å². The number of carbonyl (C=O) groups excluding carboxylic acids is 1. The number of nitrogens with zero attached hydrogens (tertiary/aromatic N) is 1. The molecule has 0 saturated heterocycles. The van der Waals surface area contributed by atoms with Gasteiger partial charge in [-0.25, -0.2) is 0 Å². The molecule has 1 aromatic heterocycles. The molecule has 4 rings (SSSR count). The monoisotopic (exact) mass is 450 g/mol. The summed E-state index contributed by atoms with van der Waals surface area (Å²) < 4.78 is 2.01. The number of aromatic nitrogens is 1. The van der Waals surface area contributed by atoms with Gasteiger partial charge < -0.3 is 15.0 Å². The second-order valence-electron chi connectivity index (χ2n) is 9.16. The number of benzene rings is 2. The van der Waals surface area contributed by atoms with E-state index in [0.29, 0.717) is 17.0 Å². The van der Waals surface area contributed by atoms with Gasteiger partial charge in [-0.1, -0.05) is 55.3 Å². The summed E-state index contributed by atoms with van der Waals surface area (Å²) in [5.74, 6) is -0.785. The second-order valence-corrected chi connectivity index (χ2v) is 9.60. The van der Waals surface area contributed by atoms with Crippen LogP contribution in [0.1, 0.15) is 54.3 Å². The molecule has 32 heavy (non-hydrogen) atoms. The van der Waals surface area contributed by atoms with Gasteiger partial charge in [0.05, 0.1) is 18.2 Å². The molecule has 0 aliphatic heterocycles. The lowest BCUT2D eigenvalue weighted by Gasteiger charge is -2.40. The van der Waals surface area contributed by atoms with Gasteiger partial charge >= 0.3 is 5.97 Å². The lowest BCUT2D eigenvalue weighted by molar-refractivity contribution is -0.137. The van der Waals surface area contributed by atoms with Crippen LogP contribution in [0.2, 0.25) is 5.02 Å². The Labute approximate surface area is 193 Å². The molecular weight excluding hydrogens is 424 g/mol. The first kappa shape index (κ1) is 22.2. The predicted molar refractivity (Wildman–Crippen MR) is 127 cm³/mol. The summed E-state index contributed by atoms with van der Waals surface area (Å²) in [6.45, 7) is 6.45. The molecule has 6 heteroatoms. The highest BCUT2D eigenvalue weighted by molar-refractivity contribution is 6.30. The number of aliphatic carboxylic acids is 1. The van der Waals surface area contributed by atoms with Gasteiger partial charge in [-0.3, -0.25) is 9.59 Å². The van der Waals surface area contributed by atoms with Crippen molar-refractivity contribution in [2.45, 2.75) is 46.2 Å². The quantitative estimate of drug-likeness (QED) is 0.458. The van der Waals surface area contributed by atoms with Crippen LogP contribution >= 0.6 is 11.6 Å². The number of carbonyl (C=O) groups is 2. The minimum atomic E-state index is -0.870. The minimum Gasteiger partial charge on any atom is -0.481 e. The molecule has 1 aliphatic carbocycles. The van der Waals surface area contributed by atoms with Crippen LogP contribution in [0.3, 0.4) is 0 Å². The molecule has 2 N–H and O–H groups in total. The zero-order valence-electron chi connectivity index (χ0n) is 18.5. The molecule has 0 radical (unpaired) electrons. The van der Waals surface area contributed by atoms with E-state index >= 15 is 0 Å². The Bertz CT molecular complexity index is 1160. The van der Waals surface area contributed by atoms with Crippen LogP contribution in [-0.2, 0) is 11.3 Å². The van der Waals surface area contributed by atoms with Gasteiger partial charge in [-0.05, 0) is 48.2 Å². The topological polar surface area (TPSA) is 71.3 Å². The molecule has 3 aromatic rings. The Morgan fingerprint density at radius 1 is 1.16 bits per heavy atom. The summed E-state index contributed by atoms with van der Waals surface area (Å²) in [6.07, 6.45) is 0.379. The highest BCUT2D eigenvalue weighted by Gasteiger charge is 2.43. The number of halogens is 1. The van der Waals surface area contributed by atoms with Gasteiger partial charge in [0, 0.05) is 34.9 Å². The number of fused-ring (bicyclic) bond motifs is 1. The fourth-order valence-corrected chi connectivity index (χ4v) is 4.59. The standard InChI is InChI=1S/C26H27ClN2O3/c1-16-4-6-17(7-5-16)21-14-20-22(30)15-26(2,3)25(24(20)29(21)13-12-23(31)32)28-19-10-8-18(27)9-11-19/h4-11,14,25,28H,12-13,15H2,1-3H3,(H,31,32). The van der Waals surface area contributed by atoms with Gasteiger partial charge in [-0.15, -0.1) is 0 Å². The number of nitrogens with one attached hydrogen (secondary N) is 1. The van der Waals surface area contributed by atoms with E-state index in [1.807, 2.05) is 66.1 Å². The van der Waals surface area contributed by atoms with Gasteiger partial charge in [0.15, 0.2) is 5.78 Å². The fraction of sp³-hybridized carbons (Fsp3) is 0.308. The lowest BCUT2D eigenvalue weighted by Crippen LogP contribution is -2.37. The van der Waals surface area contributed by atoms with Crippen LogP contribution in [0.5, 0.6) is 0 Å². The van der Waals surface area contributed by atoms with Crippen molar-refractivity contribution < 1.29 is 14.7 Å². The van der Waals surface area contributed by atoms with Crippen molar-refractivity contribution in [2.75, 3.05) is 5.32 Å². The number of hydrogen-bond donors (Lipinski definition) is 2. The van der Waals surface area contributed by atoms with Crippen molar-refractivity contribution in [2.24, 2.45) is 5.41 Å². The molecule has 1 aliphatic rings. The first-order valence-electron chi connectivity index (χ1n) is 10.7. The van der Waals surface area contributed by atoms with Crippen molar-refractivity contribution >= 4 is 29.0 Å². The number of carboxylic acids is 1. The smallest absolute Gasteiger partial charge is 0.305 e. The van der Waals surface area contributed by atoms with Crippen molar-refractivity contribution in [1.82, 2.24) is 4.57 Å². The number of anilines is 1. The molecule has 0 spiro atoms.